The standard InChI is InChI=1S/C16H17N5O4S2/c1-17-27(24,25)16-18-11-14-6-7-15(21(14)19-16)12-4-2-5-13(10-12)20-8-3-9-26(20,22)23/h2,4-7,10-11,17H,3,8-9H2,1H3. The summed E-state index contributed by atoms with van der Waals surface area (Å²) < 4.78 is 53.4. The van der Waals surface area contributed by atoms with Crippen molar-refractivity contribution in [1.82, 2.24) is 19.3 Å². The molecule has 1 aliphatic heterocycles. The molecular weight excluding hydrogens is 390 g/mol. The van der Waals surface area contributed by atoms with E-state index in [1.165, 1.54) is 22.1 Å². The number of hydrogen-bond donors (Lipinski definition) is 1. The number of hydrogen-bond acceptors (Lipinski definition) is 6. The van der Waals surface area contributed by atoms with Gasteiger partial charge in [0, 0.05) is 12.1 Å². The molecule has 0 amide bonds. The summed E-state index contributed by atoms with van der Waals surface area (Å²) >= 11 is 0. The van der Waals surface area contributed by atoms with Crippen molar-refractivity contribution < 1.29 is 16.8 Å². The molecular formula is C16H17N5O4S2. The summed E-state index contributed by atoms with van der Waals surface area (Å²) in [6.45, 7) is 0.452. The Morgan fingerprint density at radius 3 is 2.70 bits per heavy atom. The molecule has 0 saturated carbocycles. The average molecular weight is 407 g/mol. The fourth-order valence-electron chi connectivity index (χ4n) is 3.07. The highest BCUT2D eigenvalue weighted by Gasteiger charge is 2.28. The molecule has 2 aromatic heterocycles. The number of aromatic nitrogens is 3. The number of benzene rings is 1. The van der Waals surface area contributed by atoms with Crippen LogP contribution in [0.2, 0.25) is 0 Å². The van der Waals surface area contributed by atoms with E-state index in [9.17, 15) is 16.8 Å². The van der Waals surface area contributed by atoms with Crippen molar-refractivity contribution in [2.75, 3.05) is 23.7 Å². The Morgan fingerprint density at radius 2 is 2.00 bits per heavy atom. The first kappa shape index (κ1) is 17.9. The van der Waals surface area contributed by atoms with Gasteiger partial charge in [-0.05, 0) is 37.7 Å². The van der Waals surface area contributed by atoms with Crippen LogP contribution in [0.5, 0.6) is 0 Å². The molecule has 1 aliphatic rings. The smallest absolute Gasteiger partial charge is 0.270 e. The third kappa shape index (κ3) is 3.07. The lowest BCUT2D eigenvalue weighted by molar-refractivity contribution is 0.573. The number of nitrogens with one attached hydrogen (secondary N) is 1. The van der Waals surface area contributed by atoms with E-state index in [1.54, 1.807) is 30.3 Å². The second-order valence-electron chi connectivity index (χ2n) is 6.10. The molecule has 9 nitrogen and oxygen atoms in total. The lowest BCUT2D eigenvalue weighted by atomic mass is 10.1. The fourth-order valence-corrected chi connectivity index (χ4v) is 5.19. The van der Waals surface area contributed by atoms with E-state index in [4.69, 9.17) is 0 Å². The van der Waals surface area contributed by atoms with Gasteiger partial charge in [0.15, 0.2) is 0 Å². The Hall–Kier alpha value is -2.50. The second-order valence-corrected chi connectivity index (χ2v) is 9.89. The number of sulfonamides is 2. The maximum Gasteiger partial charge on any atom is 0.281 e. The van der Waals surface area contributed by atoms with Crippen LogP contribution in [0.4, 0.5) is 5.69 Å². The van der Waals surface area contributed by atoms with Crippen LogP contribution >= 0.6 is 0 Å². The van der Waals surface area contributed by atoms with E-state index in [2.05, 4.69) is 14.8 Å². The summed E-state index contributed by atoms with van der Waals surface area (Å²) in [6.07, 6.45) is 2.02. The van der Waals surface area contributed by atoms with Crippen LogP contribution in [-0.4, -0.2) is 50.8 Å². The molecule has 0 radical (unpaired) electrons. The summed E-state index contributed by atoms with van der Waals surface area (Å²) in [5.74, 6) is 0.143. The van der Waals surface area contributed by atoms with Crippen LogP contribution in [0.3, 0.4) is 0 Å². The first-order chi connectivity index (χ1) is 12.8. The van der Waals surface area contributed by atoms with Crippen molar-refractivity contribution >= 4 is 31.3 Å². The molecule has 1 N–H and O–H groups in total. The van der Waals surface area contributed by atoms with Crippen molar-refractivity contribution in [2.24, 2.45) is 0 Å². The van der Waals surface area contributed by atoms with E-state index < -0.39 is 20.0 Å². The zero-order chi connectivity index (χ0) is 19.2. The van der Waals surface area contributed by atoms with Crippen molar-refractivity contribution in [3.05, 3.63) is 42.6 Å². The van der Waals surface area contributed by atoms with Gasteiger partial charge in [0.25, 0.3) is 15.2 Å². The Morgan fingerprint density at radius 1 is 1.19 bits per heavy atom. The van der Waals surface area contributed by atoms with E-state index in [1.807, 2.05) is 6.07 Å². The minimum atomic E-state index is -3.78. The molecule has 11 heteroatoms. The van der Waals surface area contributed by atoms with Gasteiger partial charge in [-0.25, -0.2) is 31.1 Å². The fraction of sp³-hybridized carbons (Fsp3) is 0.250. The minimum absolute atomic E-state index is 0.143. The maximum absolute atomic E-state index is 12.2. The molecule has 0 unspecified atom stereocenters. The van der Waals surface area contributed by atoms with Crippen LogP contribution in [0.15, 0.2) is 47.8 Å². The molecule has 1 fully saturated rings. The van der Waals surface area contributed by atoms with Gasteiger partial charge >= 0.3 is 0 Å². The summed E-state index contributed by atoms with van der Waals surface area (Å²) in [7, 11) is -5.78. The Kier molecular flexibility index (Phi) is 4.17. The Bertz CT molecular complexity index is 1230. The largest absolute Gasteiger partial charge is 0.281 e. The lowest BCUT2D eigenvalue weighted by Crippen LogP contribution is -2.25. The Balaban J connectivity index is 1.83. The molecule has 0 atom stereocenters. The molecule has 1 saturated heterocycles. The predicted molar refractivity (Wildman–Crippen MR) is 100 cm³/mol. The van der Waals surface area contributed by atoms with Gasteiger partial charge in [0.1, 0.15) is 0 Å². The van der Waals surface area contributed by atoms with Crippen LogP contribution in [-0.2, 0) is 20.0 Å². The molecule has 1 aromatic carbocycles. The molecule has 3 aromatic rings. The predicted octanol–water partition coefficient (Wildman–Crippen LogP) is 0.844. The van der Waals surface area contributed by atoms with Crippen LogP contribution in [0, 0.1) is 0 Å². The average Bonchev–Trinajstić information content (AvgIpc) is 3.23. The second kappa shape index (κ2) is 6.29. The SMILES string of the molecule is CNS(=O)(=O)c1ncc2ccc(-c3cccc(N4CCCS4(=O)=O)c3)n2n1. The zero-order valence-corrected chi connectivity index (χ0v) is 16.0. The van der Waals surface area contributed by atoms with Gasteiger partial charge in [-0.1, -0.05) is 12.1 Å². The van der Waals surface area contributed by atoms with Crippen LogP contribution < -0.4 is 9.03 Å². The van der Waals surface area contributed by atoms with Crippen molar-refractivity contribution in [1.29, 1.82) is 0 Å². The van der Waals surface area contributed by atoms with Gasteiger partial charge in [-0.3, -0.25) is 4.31 Å². The van der Waals surface area contributed by atoms with Gasteiger partial charge in [-0.2, -0.15) is 0 Å². The van der Waals surface area contributed by atoms with Crippen LogP contribution in [0.25, 0.3) is 16.8 Å². The molecule has 0 spiro atoms. The molecule has 0 bridgehead atoms. The first-order valence-electron chi connectivity index (χ1n) is 8.21. The molecule has 27 heavy (non-hydrogen) atoms. The van der Waals surface area contributed by atoms with Crippen molar-refractivity contribution in [2.45, 2.75) is 11.6 Å². The van der Waals surface area contributed by atoms with E-state index in [-0.39, 0.29) is 10.9 Å². The number of rotatable bonds is 4. The van der Waals surface area contributed by atoms with E-state index in [0.29, 0.717) is 29.9 Å². The molecule has 142 valence electrons. The third-order valence-electron chi connectivity index (χ3n) is 4.42. The maximum atomic E-state index is 12.2. The Labute approximate surface area is 156 Å². The van der Waals surface area contributed by atoms with Gasteiger partial charge in [-0.15, -0.1) is 5.10 Å². The van der Waals surface area contributed by atoms with Gasteiger partial charge in [0.05, 0.1) is 28.8 Å². The van der Waals surface area contributed by atoms with Crippen LogP contribution in [0.1, 0.15) is 6.42 Å². The van der Waals surface area contributed by atoms with E-state index >= 15 is 0 Å². The summed E-state index contributed by atoms with van der Waals surface area (Å²) in [5, 5.41) is 3.79. The summed E-state index contributed by atoms with van der Waals surface area (Å²) in [6, 6.07) is 10.7. The quantitative estimate of drug-likeness (QED) is 0.686. The number of fused-ring (bicyclic) bond motifs is 1. The van der Waals surface area contributed by atoms with Crippen molar-refractivity contribution in [3.8, 4) is 11.3 Å². The van der Waals surface area contributed by atoms with Gasteiger partial charge < -0.3 is 0 Å². The number of nitrogens with zero attached hydrogens (tertiary/aromatic N) is 4. The highest BCUT2D eigenvalue weighted by atomic mass is 32.2. The third-order valence-corrected chi connectivity index (χ3v) is 7.49. The highest BCUT2D eigenvalue weighted by Crippen LogP contribution is 2.29. The minimum Gasteiger partial charge on any atom is -0.270 e. The molecule has 3 heterocycles. The number of anilines is 1. The normalized spacial score (nSPS) is 16.9. The lowest BCUT2D eigenvalue weighted by Gasteiger charge is -2.17. The zero-order valence-electron chi connectivity index (χ0n) is 14.4. The summed E-state index contributed by atoms with van der Waals surface area (Å²) in [5.41, 5.74) is 2.57. The molecule has 4 rings (SSSR count). The van der Waals surface area contributed by atoms with E-state index in [0.717, 1.165) is 5.56 Å². The van der Waals surface area contributed by atoms with Gasteiger partial charge in [0.2, 0.25) is 10.0 Å². The highest BCUT2D eigenvalue weighted by molar-refractivity contribution is 7.93. The first-order valence-corrected chi connectivity index (χ1v) is 11.3. The topological polar surface area (TPSA) is 114 Å². The summed E-state index contributed by atoms with van der Waals surface area (Å²) in [4.78, 5) is 3.89. The van der Waals surface area contributed by atoms with Crippen molar-refractivity contribution in [3.63, 3.8) is 0 Å². The monoisotopic (exact) mass is 407 g/mol. The molecule has 0 aliphatic carbocycles.